The van der Waals surface area contributed by atoms with E-state index in [2.05, 4.69) is 0 Å². The van der Waals surface area contributed by atoms with Gasteiger partial charge in [-0.1, -0.05) is 23.2 Å². The Labute approximate surface area is 268 Å². The highest BCUT2D eigenvalue weighted by Gasteiger charge is 2.13. The lowest BCUT2D eigenvalue weighted by atomic mass is 10.0. The zero-order valence-corrected chi connectivity index (χ0v) is 25.0. The topological polar surface area (TPSA) is 65.7 Å². The van der Waals surface area contributed by atoms with E-state index in [1.54, 1.807) is 97.1 Å². The maximum Gasteiger partial charge on any atom is 0.193 e. The van der Waals surface area contributed by atoms with Crippen LogP contribution in [0, 0.1) is 0 Å². The Hall–Kier alpha value is -5.36. The molecule has 0 aliphatic rings. The highest BCUT2D eigenvalue weighted by atomic mass is 35.5. The number of rotatable bonds is 8. The van der Waals surface area contributed by atoms with Crippen LogP contribution in [-0.4, -0.2) is 11.6 Å². The van der Waals surface area contributed by atoms with E-state index in [9.17, 15) is 9.59 Å². The van der Waals surface area contributed by atoms with Crippen molar-refractivity contribution < 1.29 is 23.5 Å². The van der Waals surface area contributed by atoms with Crippen molar-refractivity contribution in [2.24, 2.45) is 0 Å². The summed E-state index contributed by atoms with van der Waals surface area (Å²) in [6.45, 7) is 0. The van der Waals surface area contributed by atoms with Gasteiger partial charge in [-0.15, -0.1) is 0 Å². The van der Waals surface area contributed by atoms with E-state index < -0.39 is 0 Å². The summed E-state index contributed by atoms with van der Waals surface area (Å²) in [7, 11) is 0. The minimum Gasteiger partial charge on any atom is -0.457 e. The lowest BCUT2D eigenvalue weighted by Gasteiger charge is -2.08. The molecule has 6 aromatic carbocycles. The van der Waals surface area contributed by atoms with Gasteiger partial charge >= 0.3 is 0 Å². The van der Waals surface area contributed by atoms with Crippen molar-refractivity contribution >= 4 is 56.7 Å². The van der Waals surface area contributed by atoms with Crippen LogP contribution < -0.4 is 9.47 Å². The number of furan rings is 1. The molecule has 0 N–H and O–H groups in total. The lowest BCUT2D eigenvalue weighted by molar-refractivity contribution is 0.103. The number of benzene rings is 6. The van der Waals surface area contributed by atoms with E-state index in [-0.39, 0.29) is 11.6 Å². The third-order valence-electron chi connectivity index (χ3n) is 7.33. The molecule has 0 unspecified atom stereocenters. The van der Waals surface area contributed by atoms with Gasteiger partial charge in [-0.05, 0) is 133 Å². The van der Waals surface area contributed by atoms with Crippen LogP contribution in [0.2, 0.25) is 10.0 Å². The molecule has 0 saturated heterocycles. The highest BCUT2D eigenvalue weighted by molar-refractivity contribution is 6.31. The van der Waals surface area contributed by atoms with Gasteiger partial charge in [-0.3, -0.25) is 9.59 Å². The molecule has 0 amide bonds. The number of ether oxygens (including phenoxy) is 2. The summed E-state index contributed by atoms with van der Waals surface area (Å²) >= 11 is 11.9. The molecule has 7 aromatic rings. The van der Waals surface area contributed by atoms with Gasteiger partial charge in [0.2, 0.25) is 0 Å². The first-order valence-electron chi connectivity index (χ1n) is 14.0. The Morgan fingerprint density at radius 1 is 0.422 bits per heavy atom. The largest absolute Gasteiger partial charge is 0.457 e. The third kappa shape index (κ3) is 6.04. The second-order valence-corrected chi connectivity index (χ2v) is 11.2. The smallest absolute Gasteiger partial charge is 0.193 e. The SMILES string of the molecule is O=C(c1ccc(Cl)cc1)c1ccc(Oc2ccc3oc4ccc(Oc5ccc(C(=O)c6ccc(Cl)cc6)cc5)cc4c3c2)cc1. The average molecular weight is 629 g/mol. The van der Waals surface area contributed by atoms with Crippen LogP contribution in [0.15, 0.2) is 138 Å². The van der Waals surface area contributed by atoms with Crippen molar-refractivity contribution in [1.82, 2.24) is 0 Å². The zero-order chi connectivity index (χ0) is 30.9. The van der Waals surface area contributed by atoms with E-state index in [0.29, 0.717) is 66.5 Å². The van der Waals surface area contributed by atoms with Crippen molar-refractivity contribution in [3.05, 3.63) is 166 Å². The number of fused-ring (bicyclic) bond motifs is 3. The fourth-order valence-electron chi connectivity index (χ4n) is 5.02. The number of carbonyl (C=O) groups excluding carboxylic acids is 2. The number of hydrogen-bond acceptors (Lipinski definition) is 5. The molecule has 0 saturated carbocycles. The van der Waals surface area contributed by atoms with Gasteiger partial charge in [0, 0.05) is 43.1 Å². The van der Waals surface area contributed by atoms with Crippen molar-refractivity contribution in [2.45, 2.75) is 0 Å². The quantitative estimate of drug-likeness (QED) is 0.157. The molecular formula is C38H22Cl2O5. The van der Waals surface area contributed by atoms with Gasteiger partial charge in [-0.25, -0.2) is 0 Å². The van der Waals surface area contributed by atoms with Gasteiger partial charge in [0.15, 0.2) is 11.6 Å². The summed E-state index contributed by atoms with van der Waals surface area (Å²) in [6, 6.07) is 38.8. The van der Waals surface area contributed by atoms with Crippen molar-refractivity contribution in [3.8, 4) is 23.0 Å². The van der Waals surface area contributed by atoms with E-state index in [1.807, 2.05) is 36.4 Å². The minimum absolute atomic E-state index is 0.0927. The van der Waals surface area contributed by atoms with E-state index in [1.165, 1.54) is 0 Å². The zero-order valence-electron chi connectivity index (χ0n) is 23.5. The normalized spacial score (nSPS) is 11.1. The van der Waals surface area contributed by atoms with E-state index in [0.717, 1.165) is 10.8 Å². The van der Waals surface area contributed by atoms with Gasteiger partial charge in [-0.2, -0.15) is 0 Å². The Bertz CT molecular complexity index is 2030. The average Bonchev–Trinajstić information content (AvgIpc) is 3.43. The maximum absolute atomic E-state index is 12.8. The molecule has 7 heteroatoms. The Morgan fingerprint density at radius 2 is 0.733 bits per heavy atom. The predicted molar refractivity (Wildman–Crippen MR) is 177 cm³/mol. The fraction of sp³-hybridized carbons (Fsp3) is 0. The first-order valence-corrected chi connectivity index (χ1v) is 14.8. The Balaban J connectivity index is 1.08. The summed E-state index contributed by atoms with van der Waals surface area (Å²) in [5.41, 5.74) is 3.66. The molecular weight excluding hydrogens is 607 g/mol. The number of halogens is 2. The molecule has 0 fully saturated rings. The summed E-state index contributed by atoms with van der Waals surface area (Å²) in [5.74, 6) is 2.24. The number of ketones is 2. The monoisotopic (exact) mass is 628 g/mol. The first kappa shape index (κ1) is 28.4. The van der Waals surface area contributed by atoms with Crippen molar-refractivity contribution in [2.75, 3.05) is 0 Å². The number of hydrogen-bond donors (Lipinski definition) is 0. The highest BCUT2D eigenvalue weighted by Crippen LogP contribution is 2.36. The summed E-state index contributed by atoms with van der Waals surface area (Å²) in [5, 5.41) is 2.89. The van der Waals surface area contributed by atoms with Crippen LogP contribution in [0.4, 0.5) is 0 Å². The standard InChI is InChI=1S/C38H22Cl2O5/c39-27-9-1-23(2-10-27)37(41)25-5-13-29(14-6-25)43-31-17-19-35-33(21-31)34-22-32(18-20-36(34)45-35)44-30-15-7-26(8-16-30)38(42)24-3-11-28(40)12-4-24/h1-22H. The lowest BCUT2D eigenvalue weighted by Crippen LogP contribution is -2.00. The van der Waals surface area contributed by atoms with Gasteiger partial charge in [0.05, 0.1) is 0 Å². The van der Waals surface area contributed by atoms with Crippen LogP contribution in [0.25, 0.3) is 21.9 Å². The van der Waals surface area contributed by atoms with Crippen LogP contribution in [0.1, 0.15) is 31.8 Å². The molecule has 0 radical (unpaired) electrons. The molecule has 218 valence electrons. The van der Waals surface area contributed by atoms with Gasteiger partial charge < -0.3 is 13.9 Å². The molecule has 0 aliphatic heterocycles. The van der Waals surface area contributed by atoms with Crippen LogP contribution in [-0.2, 0) is 0 Å². The van der Waals surface area contributed by atoms with Crippen LogP contribution >= 0.6 is 23.2 Å². The molecule has 45 heavy (non-hydrogen) atoms. The van der Waals surface area contributed by atoms with Gasteiger partial charge in [0.25, 0.3) is 0 Å². The second kappa shape index (κ2) is 12.0. The summed E-state index contributed by atoms with van der Waals surface area (Å²) < 4.78 is 18.3. The minimum atomic E-state index is -0.0927. The predicted octanol–water partition coefficient (Wildman–Crippen LogP) is 10.9. The first-order chi connectivity index (χ1) is 21.9. The summed E-state index contributed by atoms with van der Waals surface area (Å²) in [4.78, 5) is 25.6. The van der Waals surface area contributed by atoms with E-state index >= 15 is 0 Å². The summed E-state index contributed by atoms with van der Waals surface area (Å²) in [6.07, 6.45) is 0. The van der Waals surface area contributed by atoms with Crippen molar-refractivity contribution in [1.29, 1.82) is 0 Å². The molecule has 1 heterocycles. The van der Waals surface area contributed by atoms with Gasteiger partial charge in [0.1, 0.15) is 34.2 Å². The molecule has 0 spiro atoms. The molecule has 7 rings (SSSR count). The molecule has 0 atom stereocenters. The third-order valence-corrected chi connectivity index (χ3v) is 7.83. The molecule has 0 bridgehead atoms. The second-order valence-electron chi connectivity index (χ2n) is 10.3. The number of carbonyl (C=O) groups is 2. The Kier molecular flexibility index (Phi) is 7.55. The molecule has 0 aliphatic carbocycles. The maximum atomic E-state index is 12.8. The van der Waals surface area contributed by atoms with Crippen molar-refractivity contribution in [3.63, 3.8) is 0 Å². The Morgan fingerprint density at radius 3 is 1.09 bits per heavy atom. The van der Waals surface area contributed by atoms with Crippen LogP contribution in [0.5, 0.6) is 23.0 Å². The van der Waals surface area contributed by atoms with Crippen LogP contribution in [0.3, 0.4) is 0 Å². The van der Waals surface area contributed by atoms with E-state index in [4.69, 9.17) is 37.1 Å². The molecule has 1 aromatic heterocycles. The fourth-order valence-corrected chi connectivity index (χ4v) is 5.27. The molecule has 5 nitrogen and oxygen atoms in total.